The zero-order valence-corrected chi connectivity index (χ0v) is 13.4. The summed E-state index contributed by atoms with van der Waals surface area (Å²) in [4.78, 5) is 24.9. The SMILES string of the molecule is CN(CCc1c[nH]c2ccccc12)C(=O)c1ccc2nc[nH]c2c1. The molecule has 24 heavy (non-hydrogen) atoms. The van der Waals surface area contributed by atoms with E-state index in [4.69, 9.17) is 0 Å². The van der Waals surface area contributed by atoms with Crippen molar-refractivity contribution >= 4 is 27.8 Å². The van der Waals surface area contributed by atoms with Gasteiger partial charge in [0.05, 0.1) is 17.4 Å². The zero-order chi connectivity index (χ0) is 16.5. The highest BCUT2D eigenvalue weighted by Gasteiger charge is 2.13. The first-order valence-corrected chi connectivity index (χ1v) is 7.96. The molecule has 0 spiro atoms. The van der Waals surface area contributed by atoms with Gasteiger partial charge in [0.2, 0.25) is 0 Å². The maximum Gasteiger partial charge on any atom is 0.253 e. The molecular weight excluding hydrogens is 300 g/mol. The Morgan fingerprint density at radius 2 is 2.00 bits per heavy atom. The highest BCUT2D eigenvalue weighted by atomic mass is 16.2. The molecule has 0 unspecified atom stereocenters. The van der Waals surface area contributed by atoms with E-state index in [-0.39, 0.29) is 5.91 Å². The number of aromatic nitrogens is 3. The van der Waals surface area contributed by atoms with Crippen LogP contribution in [0.2, 0.25) is 0 Å². The van der Waals surface area contributed by atoms with Crippen LogP contribution in [0.15, 0.2) is 55.0 Å². The Morgan fingerprint density at radius 1 is 1.12 bits per heavy atom. The van der Waals surface area contributed by atoms with Crippen molar-refractivity contribution in [1.82, 2.24) is 19.9 Å². The summed E-state index contributed by atoms with van der Waals surface area (Å²) in [5, 5.41) is 1.22. The second-order valence-electron chi connectivity index (χ2n) is 5.97. The van der Waals surface area contributed by atoms with Gasteiger partial charge in [-0.2, -0.15) is 0 Å². The van der Waals surface area contributed by atoms with E-state index < -0.39 is 0 Å². The average molecular weight is 318 g/mol. The highest BCUT2D eigenvalue weighted by Crippen LogP contribution is 2.19. The molecule has 5 nitrogen and oxygen atoms in total. The van der Waals surface area contributed by atoms with Gasteiger partial charge in [-0.25, -0.2) is 4.98 Å². The standard InChI is InChI=1S/C19H18N4O/c1-23(9-8-14-11-20-16-5-3-2-4-15(14)16)19(24)13-6-7-17-18(10-13)22-12-21-17/h2-7,10-12,20H,8-9H2,1H3,(H,21,22). The van der Waals surface area contributed by atoms with Crippen LogP contribution in [0, 0.1) is 0 Å². The second kappa shape index (κ2) is 5.85. The number of H-pyrrole nitrogens is 2. The maximum absolute atomic E-state index is 12.6. The van der Waals surface area contributed by atoms with E-state index in [1.807, 2.05) is 43.6 Å². The van der Waals surface area contributed by atoms with Crippen LogP contribution in [0.5, 0.6) is 0 Å². The Hall–Kier alpha value is -3.08. The van der Waals surface area contributed by atoms with Gasteiger partial charge in [-0.3, -0.25) is 4.79 Å². The highest BCUT2D eigenvalue weighted by molar-refractivity contribution is 5.97. The predicted molar refractivity (Wildman–Crippen MR) is 95.1 cm³/mol. The first-order valence-electron chi connectivity index (χ1n) is 7.96. The lowest BCUT2D eigenvalue weighted by atomic mass is 10.1. The molecule has 5 heteroatoms. The summed E-state index contributed by atoms with van der Waals surface area (Å²) in [6, 6.07) is 13.8. The number of carbonyl (C=O) groups excluding carboxylic acids is 1. The predicted octanol–water partition coefficient (Wildman–Crippen LogP) is 3.36. The number of aromatic amines is 2. The maximum atomic E-state index is 12.6. The van der Waals surface area contributed by atoms with Crippen molar-refractivity contribution in [2.75, 3.05) is 13.6 Å². The molecule has 4 rings (SSSR count). The lowest BCUT2D eigenvalue weighted by Crippen LogP contribution is -2.28. The van der Waals surface area contributed by atoms with E-state index >= 15 is 0 Å². The average Bonchev–Trinajstić information content (AvgIpc) is 3.25. The van der Waals surface area contributed by atoms with Crippen molar-refractivity contribution < 1.29 is 4.79 Å². The van der Waals surface area contributed by atoms with Crippen LogP contribution >= 0.6 is 0 Å². The molecule has 0 aliphatic rings. The fraction of sp³-hybridized carbons (Fsp3) is 0.158. The number of para-hydroxylation sites is 1. The number of fused-ring (bicyclic) bond motifs is 2. The van der Waals surface area contributed by atoms with Crippen LogP contribution in [0.1, 0.15) is 15.9 Å². The van der Waals surface area contributed by atoms with E-state index in [1.165, 1.54) is 10.9 Å². The Bertz CT molecular complexity index is 1010. The Labute approximate surface area is 139 Å². The third-order valence-corrected chi connectivity index (χ3v) is 4.41. The zero-order valence-electron chi connectivity index (χ0n) is 13.4. The van der Waals surface area contributed by atoms with E-state index in [1.54, 1.807) is 11.2 Å². The molecule has 1 amide bonds. The van der Waals surface area contributed by atoms with Crippen LogP contribution in [-0.2, 0) is 6.42 Å². The van der Waals surface area contributed by atoms with Gasteiger partial charge in [0.25, 0.3) is 5.91 Å². The minimum Gasteiger partial charge on any atom is -0.361 e. The Kier molecular flexibility index (Phi) is 3.54. The molecule has 0 saturated heterocycles. The molecule has 2 aromatic carbocycles. The summed E-state index contributed by atoms with van der Waals surface area (Å²) >= 11 is 0. The molecule has 0 radical (unpaired) electrons. The largest absolute Gasteiger partial charge is 0.361 e. The summed E-state index contributed by atoms with van der Waals surface area (Å²) in [6.07, 6.45) is 4.48. The Balaban J connectivity index is 1.49. The third kappa shape index (κ3) is 2.54. The van der Waals surface area contributed by atoms with E-state index in [0.29, 0.717) is 12.1 Å². The number of likely N-dealkylation sites (N-methyl/N-ethyl adjacent to an activating group) is 1. The molecule has 0 fully saturated rings. The van der Waals surface area contributed by atoms with Crippen LogP contribution < -0.4 is 0 Å². The minimum absolute atomic E-state index is 0.0198. The Morgan fingerprint density at radius 3 is 2.92 bits per heavy atom. The minimum atomic E-state index is 0.0198. The number of hydrogen-bond acceptors (Lipinski definition) is 2. The van der Waals surface area contributed by atoms with E-state index in [9.17, 15) is 4.79 Å². The van der Waals surface area contributed by atoms with E-state index in [0.717, 1.165) is 23.0 Å². The van der Waals surface area contributed by atoms with Gasteiger partial charge >= 0.3 is 0 Å². The molecule has 2 aromatic heterocycles. The monoisotopic (exact) mass is 318 g/mol. The normalized spacial score (nSPS) is 11.2. The van der Waals surface area contributed by atoms with Gasteiger partial charge in [-0.15, -0.1) is 0 Å². The molecule has 0 aliphatic carbocycles. The molecule has 0 bridgehead atoms. The lowest BCUT2D eigenvalue weighted by molar-refractivity contribution is 0.0797. The van der Waals surface area contributed by atoms with Gasteiger partial charge in [-0.1, -0.05) is 18.2 Å². The summed E-state index contributed by atoms with van der Waals surface area (Å²) in [5.74, 6) is 0.0198. The molecule has 2 N–H and O–H groups in total. The quantitative estimate of drug-likeness (QED) is 0.606. The third-order valence-electron chi connectivity index (χ3n) is 4.41. The van der Waals surface area contributed by atoms with Crippen molar-refractivity contribution in [3.05, 3.63) is 66.1 Å². The number of nitrogens with zero attached hydrogens (tertiary/aromatic N) is 2. The van der Waals surface area contributed by atoms with Crippen LogP contribution in [-0.4, -0.2) is 39.4 Å². The van der Waals surface area contributed by atoms with Gasteiger partial charge in [0.15, 0.2) is 0 Å². The fourth-order valence-electron chi connectivity index (χ4n) is 3.02. The van der Waals surface area contributed by atoms with Gasteiger partial charge < -0.3 is 14.9 Å². The number of nitrogens with one attached hydrogen (secondary N) is 2. The molecule has 4 aromatic rings. The summed E-state index contributed by atoms with van der Waals surface area (Å²) < 4.78 is 0. The first-order chi connectivity index (χ1) is 11.7. The summed E-state index contributed by atoms with van der Waals surface area (Å²) in [7, 11) is 1.84. The van der Waals surface area contributed by atoms with Gasteiger partial charge in [0, 0.05) is 36.3 Å². The van der Waals surface area contributed by atoms with Crippen molar-refractivity contribution in [2.45, 2.75) is 6.42 Å². The number of amides is 1. The van der Waals surface area contributed by atoms with Crippen molar-refractivity contribution in [2.24, 2.45) is 0 Å². The van der Waals surface area contributed by atoms with Gasteiger partial charge in [-0.05, 0) is 36.2 Å². The fourth-order valence-corrected chi connectivity index (χ4v) is 3.02. The second-order valence-corrected chi connectivity index (χ2v) is 5.97. The molecule has 0 saturated carbocycles. The van der Waals surface area contributed by atoms with E-state index in [2.05, 4.69) is 27.1 Å². The van der Waals surface area contributed by atoms with Gasteiger partial charge in [0.1, 0.15) is 0 Å². The number of rotatable bonds is 4. The number of hydrogen-bond donors (Lipinski definition) is 2. The van der Waals surface area contributed by atoms with Crippen molar-refractivity contribution in [3.8, 4) is 0 Å². The van der Waals surface area contributed by atoms with Crippen molar-refractivity contribution in [3.63, 3.8) is 0 Å². The van der Waals surface area contributed by atoms with Crippen LogP contribution in [0.3, 0.4) is 0 Å². The first kappa shape index (κ1) is 14.5. The lowest BCUT2D eigenvalue weighted by Gasteiger charge is -2.17. The number of benzene rings is 2. The summed E-state index contributed by atoms with van der Waals surface area (Å²) in [6.45, 7) is 0.668. The van der Waals surface area contributed by atoms with Crippen molar-refractivity contribution in [1.29, 1.82) is 0 Å². The molecule has 2 heterocycles. The molecule has 0 atom stereocenters. The number of carbonyl (C=O) groups is 1. The topological polar surface area (TPSA) is 64.8 Å². The molecular formula is C19H18N4O. The summed E-state index contributed by atoms with van der Waals surface area (Å²) in [5.41, 5.74) is 4.78. The van der Waals surface area contributed by atoms with Crippen LogP contribution in [0.4, 0.5) is 0 Å². The molecule has 120 valence electrons. The smallest absolute Gasteiger partial charge is 0.253 e. The van der Waals surface area contributed by atoms with Crippen LogP contribution in [0.25, 0.3) is 21.9 Å². The molecule has 0 aliphatic heterocycles. The number of imidazole rings is 1.